The predicted molar refractivity (Wildman–Crippen MR) is 66.3 cm³/mol. The first-order valence-corrected chi connectivity index (χ1v) is 6.13. The third kappa shape index (κ3) is 3.94. The van der Waals surface area contributed by atoms with Gasteiger partial charge in [0.05, 0.1) is 0 Å². The molecule has 0 radical (unpaired) electrons. The van der Waals surface area contributed by atoms with Crippen LogP contribution in [0.3, 0.4) is 0 Å². The van der Waals surface area contributed by atoms with Gasteiger partial charge in [0, 0.05) is 26.2 Å². The second-order valence-electron chi connectivity index (χ2n) is 4.08. The van der Waals surface area contributed by atoms with Crippen molar-refractivity contribution in [2.45, 2.75) is 25.8 Å². The molecule has 0 aromatic rings. The number of rotatable bonds is 6. The van der Waals surface area contributed by atoms with Gasteiger partial charge in [-0.05, 0) is 26.3 Å². The smallest absolute Gasteiger partial charge is 0.238 e. The number of piperazine rings is 1. The van der Waals surface area contributed by atoms with Crippen LogP contribution in [0.4, 0.5) is 0 Å². The Bertz CT molecular complexity index is 230. The van der Waals surface area contributed by atoms with E-state index in [1.807, 2.05) is 13.0 Å². The highest BCUT2D eigenvalue weighted by Gasteiger charge is 2.27. The molecule has 1 fully saturated rings. The highest BCUT2D eigenvalue weighted by molar-refractivity contribution is 5.82. The van der Waals surface area contributed by atoms with Crippen LogP contribution in [0.1, 0.15) is 19.8 Å². The number of nitrogens with one attached hydrogen (secondary N) is 2. The molecule has 0 saturated carbocycles. The molecule has 1 aliphatic rings. The highest BCUT2D eigenvalue weighted by atomic mass is 16.2. The third-order valence-electron chi connectivity index (χ3n) is 2.86. The lowest BCUT2D eigenvalue weighted by molar-refractivity contribution is -0.127. The zero-order valence-electron chi connectivity index (χ0n) is 10.2. The maximum absolute atomic E-state index is 11.8. The lowest BCUT2D eigenvalue weighted by Gasteiger charge is -2.35. The van der Waals surface area contributed by atoms with E-state index in [1.54, 1.807) is 0 Å². The first kappa shape index (κ1) is 13.2. The second kappa shape index (κ2) is 7.41. The number of carbonyl (C=O) groups is 1. The summed E-state index contributed by atoms with van der Waals surface area (Å²) in [5, 5.41) is 6.17. The summed E-state index contributed by atoms with van der Waals surface area (Å²) in [6, 6.07) is -0.00137. The van der Waals surface area contributed by atoms with E-state index in [2.05, 4.69) is 22.1 Å². The van der Waals surface area contributed by atoms with Crippen molar-refractivity contribution in [1.29, 1.82) is 0 Å². The summed E-state index contributed by atoms with van der Waals surface area (Å²) in [6.45, 7) is 10.1. The van der Waals surface area contributed by atoms with Crippen LogP contribution in [0.25, 0.3) is 0 Å². The molecule has 1 heterocycles. The zero-order chi connectivity index (χ0) is 11.8. The van der Waals surface area contributed by atoms with Crippen molar-refractivity contribution in [2.24, 2.45) is 0 Å². The molecule has 1 aliphatic heterocycles. The summed E-state index contributed by atoms with van der Waals surface area (Å²) in [5.74, 6) is 0.147. The Labute approximate surface area is 98.1 Å². The van der Waals surface area contributed by atoms with Crippen LogP contribution in [0.15, 0.2) is 12.7 Å². The Morgan fingerprint density at radius 3 is 3.19 bits per heavy atom. The van der Waals surface area contributed by atoms with Crippen LogP contribution in [0.2, 0.25) is 0 Å². The van der Waals surface area contributed by atoms with Gasteiger partial charge in [0.2, 0.25) is 5.91 Å². The predicted octanol–water partition coefficient (Wildman–Crippen LogP) is 0.363. The van der Waals surface area contributed by atoms with E-state index in [1.165, 1.54) is 0 Å². The van der Waals surface area contributed by atoms with Gasteiger partial charge in [0.1, 0.15) is 6.04 Å². The Morgan fingerprint density at radius 1 is 1.69 bits per heavy atom. The SMILES string of the molecule is C=CCCCN1CCNCC1C(=O)NCC. The van der Waals surface area contributed by atoms with Crippen molar-refractivity contribution < 1.29 is 4.79 Å². The molecule has 92 valence electrons. The fourth-order valence-corrected chi connectivity index (χ4v) is 2.00. The molecular weight excluding hydrogens is 202 g/mol. The van der Waals surface area contributed by atoms with E-state index < -0.39 is 0 Å². The topological polar surface area (TPSA) is 44.4 Å². The molecule has 0 spiro atoms. The van der Waals surface area contributed by atoms with E-state index in [-0.39, 0.29) is 11.9 Å². The molecule has 1 rings (SSSR count). The minimum atomic E-state index is -0.00137. The van der Waals surface area contributed by atoms with E-state index in [9.17, 15) is 4.79 Å². The van der Waals surface area contributed by atoms with Crippen LogP contribution < -0.4 is 10.6 Å². The van der Waals surface area contributed by atoms with E-state index >= 15 is 0 Å². The molecule has 1 unspecified atom stereocenters. The lowest BCUT2D eigenvalue weighted by atomic mass is 10.1. The summed E-state index contributed by atoms with van der Waals surface area (Å²) < 4.78 is 0. The molecule has 0 aromatic heterocycles. The number of amides is 1. The summed E-state index contributed by atoms with van der Waals surface area (Å²) in [7, 11) is 0. The summed E-state index contributed by atoms with van der Waals surface area (Å²) in [5.41, 5.74) is 0. The monoisotopic (exact) mass is 225 g/mol. The van der Waals surface area contributed by atoms with Crippen molar-refractivity contribution in [3.8, 4) is 0 Å². The quantitative estimate of drug-likeness (QED) is 0.507. The Kier molecular flexibility index (Phi) is 6.11. The molecule has 0 aromatic carbocycles. The van der Waals surface area contributed by atoms with Crippen LogP contribution >= 0.6 is 0 Å². The Hall–Kier alpha value is -0.870. The van der Waals surface area contributed by atoms with Gasteiger partial charge in [-0.2, -0.15) is 0 Å². The van der Waals surface area contributed by atoms with Crippen molar-refractivity contribution >= 4 is 5.91 Å². The van der Waals surface area contributed by atoms with Gasteiger partial charge < -0.3 is 10.6 Å². The van der Waals surface area contributed by atoms with E-state index in [4.69, 9.17) is 0 Å². The molecule has 1 atom stereocenters. The summed E-state index contributed by atoms with van der Waals surface area (Å²) in [6.07, 6.45) is 4.04. The molecule has 2 N–H and O–H groups in total. The van der Waals surface area contributed by atoms with Crippen LogP contribution in [0.5, 0.6) is 0 Å². The number of nitrogens with zero attached hydrogens (tertiary/aromatic N) is 1. The zero-order valence-corrected chi connectivity index (χ0v) is 10.2. The first-order chi connectivity index (χ1) is 7.79. The molecule has 0 aliphatic carbocycles. The average Bonchev–Trinajstić information content (AvgIpc) is 2.30. The molecule has 1 saturated heterocycles. The number of allylic oxidation sites excluding steroid dienone is 1. The van der Waals surface area contributed by atoms with Gasteiger partial charge in [-0.15, -0.1) is 6.58 Å². The van der Waals surface area contributed by atoms with Gasteiger partial charge in [-0.25, -0.2) is 0 Å². The number of likely N-dealkylation sites (N-methyl/N-ethyl adjacent to an activating group) is 1. The van der Waals surface area contributed by atoms with Crippen LogP contribution in [-0.4, -0.2) is 49.6 Å². The fourth-order valence-electron chi connectivity index (χ4n) is 2.00. The minimum Gasteiger partial charge on any atom is -0.355 e. The molecule has 16 heavy (non-hydrogen) atoms. The van der Waals surface area contributed by atoms with Crippen LogP contribution in [0, 0.1) is 0 Å². The van der Waals surface area contributed by atoms with Crippen molar-refractivity contribution in [3.63, 3.8) is 0 Å². The molecule has 4 heteroatoms. The van der Waals surface area contributed by atoms with Crippen molar-refractivity contribution in [1.82, 2.24) is 15.5 Å². The number of unbranched alkanes of at least 4 members (excludes halogenated alkanes) is 1. The standard InChI is InChI=1S/C12H23N3O/c1-3-5-6-8-15-9-7-13-10-11(15)12(16)14-4-2/h3,11,13H,1,4-10H2,2H3,(H,14,16). The summed E-state index contributed by atoms with van der Waals surface area (Å²) >= 11 is 0. The number of hydrogen-bond acceptors (Lipinski definition) is 3. The normalized spacial score (nSPS) is 21.7. The van der Waals surface area contributed by atoms with Crippen molar-refractivity contribution in [2.75, 3.05) is 32.7 Å². The molecular formula is C12H23N3O. The molecule has 0 bridgehead atoms. The maximum Gasteiger partial charge on any atom is 0.238 e. The summed E-state index contributed by atoms with van der Waals surface area (Å²) in [4.78, 5) is 14.1. The Balaban J connectivity index is 2.42. The number of carbonyl (C=O) groups excluding carboxylic acids is 1. The van der Waals surface area contributed by atoms with Gasteiger partial charge in [-0.1, -0.05) is 6.08 Å². The van der Waals surface area contributed by atoms with E-state index in [0.717, 1.165) is 39.0 Å². The second-order valence-corrected chi connectivity index (χ2v) is 4.08. The van der Waals surface area contributed by atoms with Gasteiger partial charge in [0.25, 0.3) is 0 Å². The van der Waals surface area contributed by atoms with Crippen LogP contribution in [-0.2, 0) is 4.79 Å². The van der Waals surface area contributed by atoms with E-state index in [0.29, 0.717) is 6.54 Å². The highest BCUT2D eigenvalue weighted by Crippen LogP contribution is 2.05. The van der Waals surface area contributed by atoms with Gasteiger partial charge in [0.15, 0.2) is 0 Å². The minimum absolute atomic E-state index is 0.00137. The molecule has 4 nitrogen and oxygen atoms in total. The van der Waals surface area contributed by atoms with Crippen molar-refractivity contribution in [3.05, 3.63) is 12.7 Å². The largest absolute Gasteiger partial charge is 0.355 e. The third-order valence-corrected chi connectivity index (χ3v) is 2.86. The maximum atomic E-state index is 11.8. The Morgan fingerprint density at radius 2 is 2.50 bits per heavy atom. The lowest BCUT2D eigenvalue weighted by Crippen LogP contribution is -2.57. The fraction of sp³-hybridized carbons (Fsp3) is 0.750. The van der Waals surface area contributed by atoms with Gasteiger partial charge >= 0.3 is 0 Å². The van der Waals surface area contributed by atoms with Gasteiger partial charge in [-0.3, -0.25) is 9.69 Å². The molecule has 1 amide bonds. The average molecular weight is 225 g/mol. The first-order valence-electron chi connectivity index (χ1n) is 6.13. The number of hydrogen-bond donors (Lipinski definition) is 2.